The van der Waals surface area contributed by atoms with Crippen molar-refractivity contribution < 1.29 is 9.90 Å². The highest BCUT2D eigenvalue weighted by Crippen LogP contribution is 2.32. The number of hydrogen-bond donors (Lipinski definition) is 1. The van der Waals surface area contributed by atoms with Crippen LogP contribution in [0.5, 0.6) is 5.75 Å². The van der Waals surface area contributed by atoms with Crippen molar-refractivity contribution in [3.63, 3.8) is 0 Å². The Morgan fingerprint density at radius 3 is 2.71 bits per heavy atom. The van der Waals surface area contributed by atoms with Crippen LogP contribution in [0.2, 0.25) is 0 Å². The quantitative estimate of drug-likeness (QED) is 0.921. The van der Waals surface area contributed by atoms with E-state index >= 15 is 0 Å². The SMILES string of the molecule is Cc1ccc(O)c(C(=O)N2CCCN(CC3CC3)C(C(C)C)C2)c1. The highest BCUT2D eigenvalue weighted by molar-refractivity contribution is 5.97. The minimum Gasteiger partial charge on any atom is -0.507 e. The van der Waals surface area contributed by atoms with Crippen molar-refractivity contribution in [1.29, 1.82) is 0 Å². The Bertz CT molecular complexity index is 595. The minimum atomic E-state index is -0.0323. The van der Waals surface area contributed by atoms with Crippen LogP contribution in [-0.2, 0) is 0 Å². The van der Waals surface area contributed by atoms with Crippen molar-refractivity contribution in [3.05, 3.63) is 29.3 Å². The third kappa shape index (κ3) is 3.92. The zero-order valence-electron chi connectivity index (χ0n) is 15.2. The van der Waals surface area contributed by atoms with Gasteiger partial charge in [-0.3, -0.25) is 9.69 Å². The molecule has 4 heteroatoms. The predicted octanol–water partition coefficient (Wildman–Crippen LogP) is 3.28. The highest BCUT2D eigenvalue weighted by Gasteiger charge is 2.33. The first-order chi connectivity index (χ1) is 11.5. The number of carbonyl (C=O) groups is 1. The molecule has 1 saturated heterocycles. The lowest BCUT2D eigenvalue weighted by Crippen LogP contribution is -2.46. The van der Waals surface area contributed by atoms with Gasteiger partial charge in [0.2, 0.25) is 0 Å². The Hall–Kier alpha value is -1.55. The number of aryl methyl sites for hydroxylation is 1. The van der Waals surface area contributed by atoms with Crippen LogP contribution in [0.15, 0.2) is 18.2 Å². The number of hydrogen-bond acceptors (Lipinski definition) is 3. The van der Waals surface area contributed by atoms with E-state index in [0.717, 1.165) is 37.5 Å². The molecule has 4 nitrogen and oxygen atoms in total. The van der Waals surface area contributed by atoms with E-state index in [4.69, 9.17) is 0 Å². The molecule has 24 heavy (non-hydrogen) atoms. The van der Waals surface area contributed by atoms with Crippen molar-refractivity contribution in [2.45, 2.75) is 46.1 Å². The first-order valence-corrected chi connectivity index (χ1v) is 9.28. The number of rotatable bonds is 4. The summed E-state index contributed by atoms with van der Waals surface area (Å²) in [6, 6.07) is 5.67. The largest absolute Gasteiger partial charge is 0.507 e. The Morgan fingerprint density at radius 2 is 2.04 bits per heavy atom. The van der Waals surface area contributed by atoms with Crippen molar-refractivity contribution in [2.75, 3.05) is 26.2 Å². The fraction of sp³-hybridized carbons (Fsp3) is 0.650. The summed E-state index contributed by atoms with van der Waals surface area (Å²) in [5, 5.41) is 10.1. The summed E-state index contributed by atoms with van der Waals surface area (Å²) < 4.78 is 0. The molecule has 1 amide bonds. The maximum Gasteiger partial charge on any atom is 0.257 e. The maximum atomic E-state index is 13.0. The molecule has 2 aliphatic rings. The standard InChI is InChI=1S/C20H30N2O2/c1-14(2)18-13-22(10-4-9-21(18)12-16-6-7-16)20(24)17-11-15(3)5-8-19(17)23/h5,8,11,14,16,18,23H,4,6-7,9-10,12-13H2,1-3H3. The second kappa shape index (κ2) is 7.14. The van der Waals surface area contributed by atoms with Crippen LogP contribution >= 0.6 is 0 Å². The van der Waals surface area contributed by atoms with Crippen LogP contribution in [0.25, 0.3) is 0 Å². The minimum absolute atomic E-state index is 0.0323. The summed E-state index contributed by atoms with van der Waals surface area (Å²) >= 11 is 0. The first kappa shape index (κ1) is 17.3. The number of benzene rings is 1. The molecule has 1 aromatic rings. The smallest absolute Gasteiger partial charge is 0.257 e. The number of phenolic OH excluding ortho intramolecular Hbond substituents is 1. The van der Waals surface area contributed by atoms with Gasteiger partial charge < -0.3 is 10.0 Å². The molecule has 0 aromatic heterocycles. The molecule has 132 valence electrons. The van der Waals surface area contributed by atoms with Gasteiger partial charge in [0, 0.05) is 32.2 Å². The molecule has 1 unspecified atom stereocenters. The van der Waals surface area contributed by atoms with Crippen LogP contribution in [0, 0.1) is 18.8 Å². The highest BCUT2D eigenvalue weighted by atomic mass is 16.3. The van der Waals surface area contributed by atoms with Crippen molar-refractivity contribution in [3.8, 4) is 5.75 Å². The molecule has 0 radical (unpaired) electrons. The topological polar surface area (TPSA) is 43.8 Å². The second-order valence-electron chi connectivity index (χ2n) is 7.88. The van der Waals surface area contributed by atoms with Gasteiger partial charge in [0.25, 0.3) is 5.91 Å². The van der Waals surface area contributed by atoms with Gasteiger partial charge in [-0.25, -0.2) is 0 Å². The summed E-state index contributed by atoms with van der Waals surface area (Å²) in [4.78, 5) is 17.5. The van der Waals surface area contributed by atoms with E-state index in [-0.39, 0.29) is 11.7 Å². The molecular formula is C20H30N2O2. The Balaban J connectivity index is 1.77. The summed E-state index contributed by atoms with van der Waals surface area (Å²) in [7, 11) is 0. The molecule has 1 N–H and O–H groups in total. The van der Waals surface area contributed by atoms with Gasteiger partial charge in [0.1, 0.15) is 5.75 Å². The van der Waals surface area contributed by atoms with Crippen molar-refractivity contribution in [1.82, 2.24) is 9.80 Å². The van der Waals surface area contributed by atoms with Gasteiger partial charge in [-0.1, -0.05) is 25.5 Å². The lowest BCUT2D eigenvalue weighted by atomic mass is 10.0. The van der Waals surface area contributed by atoms with E-state index in [1.807, 2.05) is 17.9 Å². The van der Waals surface area contributed by atoms with Crippen LogP contribution in [0.4, 0.5) is 0 Å². The van der Waals surface area contributed by atoms with E-state index in [2.05, 4.69) is 18.7 Å². The molecule has 0 bridgehead atoms. The lowest BCUT2D eigenvalue weighted by Gasteiger charge is -2.34. The molecule has 1 saturated carbocycles. The monoisotopic (exact) mass is 330 g/mol. The molecule has 1 atom stereocenters. The summed E-state index contributed by atoms with van der Waals surface area (Å²) in [6.45, 7) is 10.2. The number of carbonyl (C=O) groups excluding carboxylic acids is 1. The maximum absolute atomic E-state index is 13.0. The molecule has 0 spiro atoms. The summed E-state index contributed by atoms with van der Waals surface area (Å²) in [6.07, 6.45) is 3.73. The van der Waals surface area contributed by atoms with Gasteiger partial charge in [-0.2, -0.15) is 0 Å². The molecular weight excluding hydrogens is 300 g/mol. The molecule has 1 heterocycles. The first-order valence-electron chi connectivity index (χ1n) is 9.28. The lowest BCUT2D eigenvalue weighted by molar-refractivity contribution is 0.0701. The van der Waals surface area contributed by atoms with Gasteiger partial charge in [0.05, 0.1) is 5.56 Å². The zero-order chi connectivity index (χ0) is 17.3. The Labute approximate surface area is 145 Å². The van der Waals surface area contributed by atoms with E-state index in [1.165, 1.54) is 19.4 Å². The molecule has 3 rings (SSSR count). The van der Waals surface area contributed by atoms with Crippen LogP contribution in [0.1, 0.15) is 49.0 Å². The second-order valence-corrected chi connectivity index (χ2v) is 7.88. The van der Waals surface area contributed by atoms with Gasteiger partial charge >= 0.3 is 0 Å². The van der Waals surface area contributed by atoms with Crippen LogP contribution in [0.3, 0.4) is 0 Å². The zero-order valence-corrected chi connectivity index (χ0v) is 15.2. The molecule has 1 aromatic carbocycles. The van der Waals surface area contributed by atoms with Gasteiger partial charge in [0.15, 0.2) is 0 Å². The molecule has 1 aliphatic carbocycles. The predicted molar refractivity (Wildman–Crippen MR) is 96.3 cm³/mol. The number of phenols is 1. The third-order valence-corrected chi connectivity index (χ3v) is 5.38. The van der Waals surface area contributed by atoms with Gasteiger partial charge in [-0.05, 0) is 50.2 Å². The van der Waals surface area contributed by atoms with E-state index in [9.17, 15) is 9.90 Å². The number of aromatic hydroxyl groups is 1. The summed E-state index contributed by atoms with van der Waals surface area (Å²) in [5.74, 6) is 1.44. The Morgan fingerprint density at radius 1 is 1.29 bits per heavy atom. The average molecular weight is 330 g/mol. The van der Waals surface area contributed by atoms with E-state index in [1.54, 1.807) is 12.1 Å². The van der Waals surface area contributed by atoms with Gasteiger partial charge in [-0.15, -0.1) is 0 Å². The molecule has 2 fully saturated rings. The summed E-state index contributed by atoms with van der Waals surface area (Å²) in [5.41, 5.74) is 1.44. The van der Waals surface area contributed by atoms with Crippen molar-refractivity contribution >= 4 is 5.91 Å². The van der Waals surface area contributed by atoms with E-state index < -0.39 is 0 Å². The third-order valence-electron chi connectivity index (χ3n) is 5.38. The normalized spacial score (nSPS) is 22.7. The fourth-order valence-electron chi connectivity index (χ4n) is 3.73. The van der Waals surface area contributed by atoms with Crippen LogP contribution in [-0.4, -0.2) is 53.0 Å². The van der Waals surface area contributed by atoms with Crippen molar-refractivity contribution in [2.24, 2.45) is 11.8 Å². The number of nitrogens with zero attached hydrogens (tertiary/aromatic N) is 2. The van der Waals surface area contributed by atoms with E-state index in [0.29, 0.717) is 17.5 Å². The molecule has 1 aliphatic heterocycles. The van der Waals surface area contributed by atoms with Crippen LogP contribution < -0.4 is 0 Å². The Kier molecular flexibility index (Phi) is 5.14. The fourth-order valence-corrected chi connectivity index (χ4v) is 3.73. The average Bonchev–Trinajstić information content (AvgIpc) is 3.36. The number of amides is 1.